The minimum atomic E-state index is -1.02. The van der Waals surface area contributed by atoms with Crippen LogP contribution in [0.25, 0.3) is 0 Å². The molecule has 9 nitrogen and oxygen atoms in total. The Kier molecular flexibility index (Phi) is 6.98. The zero-order valence-corrected chi connectivity index (χ0v) is 20.6. The van der Waals surface area contributed by atoms with Gasteiger partial charge in [0.05, 0.1) is 33.8 Å². The van der Waals surface area contributed by atoms with Gasteiger partial charge in [0.1, 0.15) is 11.9 Å². The Labute approximate surface area is 212 Å². The number of aromatic nitrogens is 2. The Balaban J connectivity index is 1.68. The van der Waals surface area contributed by atoms with Crippen molar-refractivity contribution in [3.05, 3.63) is 69.1 Å². The maximum absolute atomic E-state index is 9.70. The predicted molar refractivity (Wildman–Crippen MR) is 135 cm³/mol. The molecule has 180 valence electrons. The van der Waals surface area contributed by atoms with Gasteiger partial charge in [-0.15, -0.1) is 0 Å². The first kappa shape index (κ1) is 24.5. The van der Waals surface area contributed by atoms with E-state index >= 15 is 0 Å². The van der Waals surface area contributed by atoms with Crippen LogP contribution in [0, 0.1) is 11.3 Å². The molecule has 1 aliphatic heterocycles. The van der Waals surface area contributed by atoms with Crippen LogP contribution in [0.2, 0.25) is 10.0 Å². The molecule has 6 N–H and O–H groups in total. The summed E-state index contributed by atoms with van der Waals surface area (Å²) in [6.07, 6.45) is 4.52. The van der Waals surface area contributed by atoms with Crippen molar-refractivity contribution in [3.63, 3.8) is 0 Å². The molecule has 0 saturated carbocycles. The van der Waals surface area contributed by atoms with Crippen molar-refractivity contribution < 1.29 is 14.9 Å². The summed E-state index contributed by atoms with van der Waals surface area (Å²) in [6, 6.07) is 7.45. The minimum absolute atomic E-state index is 0.262. The summed E-state index contributed by atoms with van der Waals surface area (Å²) in [5.74, 6) is 1.26. The molecule has 1 fully saturated rings. The summed E-state index contributed by atoms with van der Waals surface area (Å²) >= 11 is 12.4. The van der Waals surface area contributed by atoms with Crippen molar-refractivity contribution in [2.45, 2.75) is 25.6 Å². The second-order valence-electron chi connectivity index (χ2n) is 8.10. The lowest BCUT2D eigenvalue weighted by Gasteiger charge is -2.40. The standard InChI is InChI=1S/C24H23Cl2N7O2/c1-12-3-4-33(12)24-13(8-27)5-14(9-32-24)22(29)15-6-20(19(34-2)7-18(15)28)35-23(30)21-16(25)10-31-11-17(21)26/h5-7,9-12,23,29H,3-4,28,30H2,1-2H3/p+1/t12-,23+/m1/s1. The Morgan fingerprint density at radius 3 is 2.51 bits per heavy atom. The second-order valence-corrected chi connectivity index (χ2v) is 8.91. The minimum Gasteiger partial charge on any atom is -0.493 e. The highest BCUT2D eigenvalue weighted by Crippen LogP contribution is 2.37. The van der Waals surface area contributed by atoms with E-state index in [9.17, 15) is 5.26 Å². The van der Waals surface area contributed by atoms with Gasteiger partial charge in [0.25, 0.3) is 0 Å². The van der Waals surface area contributed by atoms with Crippen LogP contribution in [0.1, 0.15) is 41.8 Å². The van der Waals surface area contributed by atoms with E-state index in [4.69, 9.17) is 49.6 Å². The molecule has 2 atom stereocenters. The molecule has 3 heterocycles. The first-order chi connectivity index (χ1) is 16.7. The average Bonchev–Trinajstić information content (AvgIpc) is 2.83. The van der Waals surface area contributed by atoms with E-state index in [-0.39, 0.29) is 15.8 Å². The van der Waals surface area contributed by atoms with Gasteiger partial charge >= 0.3 is 0 Å². The van der Waals surface area contributed by atoms with Gasteiger partial charge in [-0.25, -0.2) is 4.98 Å². The number of anilines is 2. The van der Waals surface area contributed by atoms with Gasteiger partial charge in [0, 0.05) is 54.6 Å². The molecule has 35 heavy (non-hydrogen) atoms. The van der Waals surface area contributed by atoms with Crippen LogP contribution in [-0.2, 0) is 0 Å². The molecule has 11 heteroatoms. The molecular weight excluding hydrogens is 489 g/mol. The highest BCUT2D eigenvalue weighted by atomic mass is 35.5. The summed E-state index contributed by atoms with van der Waals surface area (Å²) in [6.45, 7) is 2.95. The molecule has 1 saturated heterocycles. The SMILES string of the molecule is COc1cc(N)c(C(=[NH2+])c2cnc(N3CC[C@H]3C)c(C#N)c2)cc1O[C@H](N)c1c(Cl)cncc1Cl. The lowest BCUT2D eigenvalue weighted by molar-refractivity contribution is -0.111. The quantitative estimate of drug-likeness (QED) is 0.248. The number of benzene rings is 1. The summed E-state index contributed by atoms with van der Waals surface area (Å²) in [5, 5.41) is 16.7. The van der Waals surface area contributed by atoms with Gasteiger partial charge in [-0.3, -0.25) is 16.1 Å². The average molecular weight is 513 g/mol. The van der Waals surface area contributed by atoms with Crippen molar-refractivity contribution in [1.29, 1.82) is 5.26 Å². The van der Waals surface area contributed by atoms with Gasteiger partial charge in [-0.2, -0.15) is 5.26 Å². The normalized spacial score (nSPS) is 15.7. The summed E-state index contributed by atoms with van der Waals surface area (Å²) in [4.78, 5) is 10.5. The predicted octanol–water partition coefficient (Wildman–Crippen LogP) is 2.48. The van der Waals surface area contributed by atoms with Crippen molar-refractivity contribution in [1.82, 2.24) is 9.97 Å². The maximum Gasteiger partial charge on any atom is 0.215 e. The van der Waals surface area contributed by atoms with E-state index in [0.29, 0.717) is 51.3 Å². The first-order valence-corrected chi connectivity index (χ1v) is 11.5. The van der Waals surface area contributed by atoms with E-state index < -0.39 is 6.23 Å². The van der Waals surface area contributed by atoms with E-state index in [0.717, 1.165) is 13.0 Å². The summed E-state index contributed by atoms with van der Waals surface area (Å²) in [7, 11) is 1.48. The molecule has 3 aromatic rings. The molecule has 1 aromatic carbocycles. The second kappa shape index (κ2) is 9.96. The Morgan fingerprint density at radius 2 is 1.94 bits per heavy atom. The smallest absolute Gasteiger partial charge is 0.215 e. The number of nitrogen functional groups attached to an aromatic ring is 1. The van der Waals surface area contributed by atoms with E-state index in [2.05, 4.69) is 27.9 Å². The topological polar surface area (TPSA) is 149 Å². The summed E-state index contributed by atoms with van der Waals surface area (Å²) < 4.78 is 11.4. The fraction of sp³-hybridized carbons (Fsp3) is 0.250. The van der Waals surface area contributed by atoms with Crippen molar-refractivity contribution >= 4 is 40.4 Å². The van der Waals surface area contributed by atoms with Gasteiger partial charge in [0.15, 0.2) is 17.7 Å². The molecule has 2 aromatic heterocycles. The van der Waals surface area contributed by atoms with Crippen molar-refractivity contribution in [3.8, 4) is 17.6 Å². The van der Waals surface area contributed by atoms with Crippen molar-refractivity contribution in [2.24, 2.45) is 5.73 Å². The molecule has 0 radical (unpaired) electrons. The molecule has 1 aliphatic rings. The van der Waals surface area contributed by atoms with E-state index in [1.807, 2.05) is 0 Å². The number of ether oxygens (including phenoxy) is 2. The number of nitriles is 1. The lowest BCUT2D eigenvalue weighted by atomic mass is 9.99. The molecule has 4 rings (SSSR count). The van der Waals surface area contributed by atoms with Gasteiger partial charge in [-0.1, -0.05) is 23.2 Å². The molecule has 0 bridgehead atoms. The van der Waals surface area contributed by atoms with Crippen LogP contribution >= 0.6 is 23.2 Å². The number of rotatable bonds is 7. The molecular formula is C24H24Cl2N7O2+. The first-order valence-electron chi connectivity index (χ1n) is 10.7. The van der Waals surface area contributed by atoms with Gasteiger partial charge in [-0.05, 0) is 19.4 Å². The zero-order chi connectivity index (χ0) is 25.3. The monoisotopic (exact) mass is 512 g/mol. The Bertz CT molecular complexity index is 1320. The van der Waals surface area contributed by atoms with Crippen molar-refractivity contribution in [2.75, 3.05) is 24.3 Å². The number of pyridine rings is 2. The van der Waals surface area contributed by atoms with Crippen LogP contribution in [-0.4, -0.2) is 35.4 Å². The fourth-order valence-electron chi connectivity index (χ4n) is 3.85. The van der Waals surface area contributed by atoms with E-state index in [1.165, 1.54) is 19.5 Å². The third-order valence-corrected chi connectivity index (χ3v) is 6.55. The Hall–Kier alpha value is -3.58. The zero-order valence-electron chi connectivity index (χ0n) is 19.1. The third kappa shape index (κ3) is 4.68. The fourth-order valence-corrected chi connectivity index (χ4v) is 4.43. The number of hydrogen-bond donors (Lipinski definition) is 3. The maximum atomic E-state index is 9.70. The van der Waals surface area contributed by atoms with Crippen LogP contribution < -0.4 is 31.3 Å². The third-order valence-electron chi connectivity index (χ3n) is 5.94. The largest absolute Gasteiger partial charge is 0.493 e. The molecule has 0 spiro atoms. The Morgan fingerprint density at radius 1 is 1.23 bits per heavy atom. The number of hydrogen-bond acceptors (Lipinski definition) is 8. The van der Waals surface area contributed by atoms with E-state index in [1.54, 1.807) is 24.4 Å². The highest BCUT2D eigenvalue weighted by molar-refractivity contribution is 6.35. The summed E-state index contributed by atoms with van der Waals surface area (Å²) in [5.41, 5.74) is 15.0. The molecule has 0 aliphatic carbocycles. The van der Waals surface area contributed by atoms with Crippen LogP contribution in [0.15, 0.2) is 36.8 Å². The number of methoxy groups -OCH3 is 1. The lowest BCUT2D eigenvalue weighted by Crippen LogP contribution is -2.46. The highest BCUT2D eigenvalue weighted by Gasteiger charge is 2.28. The number of halogens is 2. The van der Waals surface area contributed by atoms with Gasteiger partial charge < -0.3 is 20.1 Å². The van der Waals surface area contributed by atoms with Gasteiger partial charge in [0.2, 0.25) is 5.71 Å². The van der Waals surface area contributed by atoms with Crippen LogP contribution in [0.3, 0.4) is 0 Å². The number of nitrogens with two attached hydrogens (primary N) is 3. The van der Waals surface area contributed by atoms with Crippen LogP contribution in [0.5, 0.6) is 11.5 Å². The van der Waals surface area contributed by atoms with Crippen LogP contribution in [0.4, 0.5) is 11.5 Å². The molecule has 0 unspecified atom stereocenters. The molecule has 0 amide bonds. The number of nitrogens with zero attached hydrogens (tertiary/aromatic N) is 4.